The molecule has 4 nitrogen and oxygen atoms in total. The van der Waals surface area contributed by atoms with Crippen LogP contribution in [0.15, 0.2) is 0 Å². The number of phosphoric acid groups is 1. The molecule has 0 aliphatic heterocycles. The molecular weight excluding hydrogens is 321 g/mol. The molecule has 3 atom stereocenters. The van der Waals surface area contributed by atoms with Crippen molar-refractivity contribution in [3.8, 4) is 0 Å². The van der Waals surface area contributed by atoms with Gasteiger partial charge in [-0.25, -0.2) is 4.57 Å². The van der Waals surface area contributed by atoms with Crippen molar-refractivity contribution in [2.75, 3.05) is 24.2 Å². The fraction of sp³-hybridized carbons (Fsp3) is 1.00. The van der Waals surface area contributed by atoms with Gasteiger partial charge in [-0.1, -0.05) is 6.92 Å². The van der Waals surface area contributed by atoms with Crippen LogP contribution >= 0.6 is 42.6 Å². The van der Waals surface area contributed by atoms with E-state index in [1.54, 1.807) is 13.8 Å². The van der Waals surface area contributed by atoms with E-state index in [9.17, 15) is 4.57 Å². The summed E-state index contributed by atoms with van der Waals surface area (Å²) >= 11 is 16.9. The fourth-order valence-electron chi connectivity index (χ4n) is 0.846. The Bertz CT molecular complexity index is 252. The summed E-state index contributed by atoms with van der Waals surface area (Å²) in [7, 11) is -3.66. The van der Waals surface area contributed by atoms with Crippen LogP contribution in [0.25, 0.3) is 0 Å². The van der Waals surface area contributed by atoms with Gasteiger partial charge in [0.2, 0.25) is 0 Å². The van der Waals surface area contributed by atoms with Gasteiger partial charge in [-0.3, -0.25) is 13.6 Å². The first-order chi connectivity index (χ1) is 8.36. The van der Waals surface area contributed by atoms with Crippen molar-refractivity contribution in [1.29, 1.82) is 0 Å². The quantitative estimate of drug-likeness (QED) is 0.439. The summed E-state index contributed by atoms with van der Waals surface area (Å²) < 4.78 is 28.0. The molecule has 0 aromatic carbocycles. The van der Waals surface area contributed by atoms with Crippen LogP contribution in [0.1, 0.15) is 20.8 Å². The lowest BCUT2D eigenvalue weighted by atomic mass is 10.2. The molecule has 0 aliphatic rings. The van der Waals surface area contributed by atoms with Gasteiger partial charge >= 0.3 is 7.82 Å². The Balaban J connectivity index is 4.53. The van der Waals surface area contributed by atoms with E-state index in [2.05, 4.69) is 0 Å². The average Bonchev–Trinajstić information content (AvgIpc) is 2.35. The molecule has 0 fully saturated rings. The molecule has 0 bridgehead atoms. The second-order valence-electron chi connectivity index (χ2n) is 4.14. The molecule has 0 saturated carbocycles. The van der Waals surface area contributed by atoms with Crippen molar-refractivity contribution >= 4 is 42.6 Å². The summed E-state index contributed by atoms with van der Waals surface area (Å²) in [6.07, 6.45) is -0.877. The molecule has 110 valence electrons. The van der Waals surface area contributed by atoms with Gasteiger partial charge in [0, 0.05) is 17.6 Å². The summed E-state index contributed by atoms with van der Waals surface area (Å²) in [5.74, 6) is 0.828. The summed E-state index contributed by atoms with van der Waals surface area (Å²) in [6.45, 7) is 5.42. The lowest BCUT2D eigenvalue weighted by Gasteiger charge is -2.24. The van der Waals surface area contributed by atoms with E-state index in [0.29, 0.717) is 5.88 Å². The Labute approximate surface area is 124 Å². The highest BCUT2D eigenvalue weighted by molar-refractivity contribution is 7.48. The molecule has 0 heterocycles. The van der Waals surface area contributed by atoms with E-state index in [0.717, 1.165) is 0 Å². The molecule has 0 aliphatic carbocycles. The van der Waals surface area contributed by atoms with Crippen molar-refractivity contribution in [1.82, 2.24) is 0 Å². The normalized spacial score (nSPS) is 20.1. The van der Waals surface area contributed by atoms with Gasteiger partial charge in [-0.15, -0.1) is 34.8 Å². The zero-order valence-corrected chi connectivity index (χ0v) is 13.9. The lowest BCUT2D eigenvalue weighted by molar-refractivity contribution is 0.0679. The van der Waals surface area contributed by atoms with Crippen LogP contribution in [0.5, 0.6) is 0 Å². The zero-order valence-electron chi connectivity index (χ0n) is 10.8. The van der Waals surface area contributed by atoms with E-state index in [1.807, 2.05) is 6.92 Å². The van der Waals surface area contributed by atoms with Crippen LogP contribution in [0.4, 0.5) is 0 Å². The SMILES string of the molecule is CC(CCl)COP(=O)(OC(C)CCl)OC(C)CCl. The minimum absolute atomic E-state index is 0.0461. The maximum Gasteiger partial charge on any atom is 0.475 e. The molecule has 3 unspecified atom stereocenters. The Kier molecular flexibility index (Phi) is 10.4. The molecule has 0 aromatic rings. The van der Waals surface area contributed by atoms with Crippen LogP contribution in [0.2, 0.25) is 0 Å². The molecular formula is C10H20Cl3O4P. The number of alkyl halides is 3. The monoisotopic (exact) mass is 340 g/mol. The summed E-state index contributed by atoms with van der Waals surface area (Å²) in [4.78, 5) is 0. The van der Waals surface area contributed by atoms with Gasteiger partial charge in [0.25, 0.3) is 0 Å². The fourth-order valence-corrected chi connectivity index (χ4v) is 2.88. The average molecular weight is 342 g/mol. The first kappa shape index (κ1) is 19.0. The van der Waals surface area contributed by atoms with Crippen LogP contribution in [-0.2, 0) is 18.1 Å². The van der Waals surface area contributed by atoms with Crippen LogP contribution in [-0.4, -0.2) is 36.5 Å². The molecule has 0 rings (SSSR count). The number of rotatable bonds is 10. The van der Waals surface area contributed by atoms with Gasteiger partial charge in [0.15, 0.2) is 0 Å². The first-order valence-electron chi connectivity index (χ1n) is 5.66. The van der Waals surface area contributed by atoms with E-state index >= 15 is 0 Å². The standard InChI is InChI=1S/C10H20Cl3O4P/c1-8(4-11)7-15-18(14,16-9(2)5-12)17-10(3)6-13/h8-10H,4-7H2,1-3H3. The van der Waals surface area contributed by atoms with E-state index in [-0.39, 0.29) is 24.3 Å². The second kappa shape index (κ2) is 9.82. The lowest BCUT2D eigenvalue weighted by Crippen LogP contribution is -2.17. The molecule has 0 spiro atoms. The van der Waals surface area contributed by atoms with Crippen molar-refractivity contribution in [3.05, 3.63) is 0 Å². The Morgan fingerprint density at radius 3 is 1.72 bits per heavy atom. The maximum absolute atomic E-state index is 12.3. The van der Waals surface area contributed by atoms with Crippen molar-refractivity contribution in [2.45, 2.75) is 33.0 Å². The van der Waals surface area contributed by atoms with Crippen molar-refractivity contribution in [3.63, 3.8) is 0 Å². The van der Waals surface area contributed by atoms with E-state index < -0.39 is 20.0 Å². The van der Waals surface area contributed by atoms with E-state index in [4.69, 9.17) is 48.4 Å². The molecule has 18 heavy (non-hydrogen) atoms. The van der Waals surface area contributed by atoms with Gasteiger partial charge in [0.05, 0.1) is 18.8 Å². The maximum atomic E-state index is 12.3. The summed E-state index contributed by atoms with van der Waals surface area (Å²) in [6, 6.07) is 0. The first-order valence-corrected chi connectivity index (χ1v) is 8.72. The molecule has 0 radical (unpaired) electrons. The Morgan fingerprint density at radius 1 is 0.944 bits per heavy atom. The Morgan fingerprint density at radius 2 is 1.39 bits per heavy atom. The second-order valence-corrected chi connectivity index (χ2v) is 6.64. The number of hydrogen-bond acceptors (Lipinski definition) is 4. The largest absolute Gasteiger partial charge is 0.475 e. The Hall–Kier alpha value is 0.980. The molecule has 0 aromatic heterocycles. The summed E-state index contributed by atoms with van der Waals surface area (Å²) in [5, 5.41) is 0. The predicted molar refractivity (Wildman–Crippen MR) is 76.0 cm³/mol. The smallest absolute Gasteiger partial charge is 0.287 e. The van der Waals surface area contributed by atoms with Crippen molar-refractivity contribution < 1.29 is 18.1 Å². The zero-order chi connectivity index (χ0) is 14.2. The van der Waals surface area contributed by atoms with Gasteiger partial charge < -0.3 is 0 Å². The number of phosphoric ester groups is 1. The third-order valence-electron chi connectivity index (χ3n) is 1.83. The van der Waals surface area contributed by atoms with Crippen LogP contribution in [0, 0.1) is 5.92 Å². The third kappa shape index (κ3) is 8.21. The molecule has 0 saturated heterocycles. The van der Waals surface area contributed by atoms with Gasteiger partial charge in [0.1, 0.15) is 0 Å². The van der Waals surface area contributed by atoms with Crippen LogP contribution in [0.3, 0.4) is 0 Å². The van der Waals surface area contributed by atoms with Crippen LogP contribution < -0.4 is 0 Å². The molecule has 8 heteroatoms. The highest BCUT2D eigenvalue weighted by Crippen LogP contribution is 2.52. The van der Waals surface area contributed by atoms with E-state index in [1.165, 1.54) is 0 Å². The van der Waals surface area contributed by atoms with Gasteiger partial charge in [-0.2, -0.15) is 0 Å². The highest BCUT2D eigenvalue weighted by Gasteiger charge is 2.31. The highest BCUT2D eigenvalue weighted by atomic mass is 35.5. The molecule has 0 amide bonds. The topological polar surface area (TPSA) is 44.8 Å². The minimum Gasteiger partial charge on any atom is -0.287 e. The minimum atomic E-state index is -3.66. The predicted octanol–water partition coefficient (Wildman–Crippen LogP) is 4.27. The number of hydrogen-bond donors (Lipinski definition) is 0. The molecule has 0 N–H and O–H groups in total. The third-order valence-corrected chi connectivity index (χ3v) is 4.93. The van der Waals surface area contributed by atoms with Gasteiger partial charge in [-0.05, 0) is 19.8 Å². The number of halogens is 3. The van der Waals surface area contributed by atoms with Crippen molar-refractivity contribution in [2.24, 2.45) is 5.92 Å². The summed E-state index contributed by atoms with van der Waals surface area (Å²) in [5.41, 5.74) is 0.